The molecule has 0 saturated heterocycles. The normalized spacial score (nSPS) is 11.8. The maximum atomic E-state index is 12.6. The monoisotopic (exact) mass is 325 g/mol. The molecule has 0 unspecified atom stereocenters. The molecule has 23 heavy (non-hydrogen) atoms. The van der Waals surface area contributed by atoms with E-state index in [1.165, 1.54) is 10.9 Å². The first-order valence-electron chi connectivity index (χ1n) is 7.18. The Morgan fingerprint density at radius 2 is 2.00 bits per heavy atom. The van der Waals surface area contributed by atoms with Gasteiger partial charge in [0.25, 0.3) is 0 Å². The second-order valence-corrected chi connectivity index (χ2v) is 5.70. The number of nitrogens with one attached hydrogen (secondary N) is 1. The predicted molar refractivity (Wildman–Crippen MR) is 81.0 cm³/mol. The standard InChI is InChI=1S/C16H18F3N3O/c1-10(2)15(23)20-13-5-4-11(3)8-12(13)9-22-7-6-14(21-22)16(17,18)19/h4-8,10H,9H2,1-3H3,(H,20,23). The summed E-state index contributed by atoms with van der Waals surface area (Å²) in [7, 11) is 0. The van der Waals surface area contributed by atoms with Crippen LogP contribution in [0.1, 0.15) is 30.7 Å². The minimum absolute atomic E-state index is 0.144. The van der Waals surface area contributed by atoms with Crippen molar-refractivity contribution in [2.24, 2.45) is 5.92 Å². The molecule has 1 N–H and O–H groups in total. The Kier molecular flexibility index (Phi) is 4.77. The summed E-state index contributed by atoms with van der Waals surface area (Å²) in [5.74, 6) is -0.336. The quantitative estimate of drug-likeness (QED) is 0.928. The van der Waals surface area contributed by atoms with Gasteiger partial charge in [0.15, 0.2) is 5.69 Å². The number of halogens is 3. The molecule has 1 aromatic heterocycles. The maximum Gasteiger partial charge on any atom is 0.435 e. The van der Waals surface area contributed by atoms with E-state index >= 15 is 0 Å². The maximum absolute atomic E-state index is 12.6. The van der Waals surface area contributed by atoms with Gasteiger partial charge in [-0.1, -0.05) is 31.5 Å². The second kappa shape index (κ2) is 6.44. The molecule has 0 saturated carbocycles. The van der Waals surface area contributed by atoms with Crippen molar-refractivity contribution in [2.75, 3.05) is 5.32 Å². The molecule has 7 heteroatoms. The van der Waals surface area contributed by atoms with Crippen LogP contribution in [0.3, 0.4) is 0 Å². The Morgan fingerprint density at radius 1 is 1.30 bits per heavy atom. The number of carbonyl (C=O) groups excluding carboxylic acids is 1. The Bertz CT molecular complexity index is 705. The second-order valence-electron chi connectivity index (χ2n) is 5.70. The lowest BCUT2D eigenvalue weighted by Gasteiger charge is -2.14. The third-order valence-corrected chi connectivity index (χ3v) is 3.31. The molecule has 0 bridgehead atoms. The van der Waals surface area contributed by atoms with Gasteiger partial charge in [0.2, 0.25) is 5.91 Å². The fourth-order valence-corrected chi connectivity index (χ4v) is 2.03. The number of aryl methyl sites for hydroxylation is 1. The molecule has 124 valence electrons. The summed E-state index contributed by atoms with van der Waals surface area (Å²) in [5.41, 5.74) is 1.30. The molecule has 1 amide bonds. The lowest BCUT2D eigenvalue weighted by atomic mass is 10.1. The largest absolute Gasteiger partial charge is 0.435 e. The zero-order valence-electron chi connectivity index (χ0n) is 13.1. The highest BCUT2D eigenvalue weighted by atomic mass is 19.4. The van der Waals surface area contributed by atoms with Crippen LogP contribution in [0.25, 0.3) is 0 Å². The van der Waals surface area contributed by atoms with Crippen LogP contribution in [0.5, 0.6) is 0 Å². The highest BCUT2D eigenvalue weighted by Gasteiger charge is 2.33. The van der Waals surface area contributed by atoms with Crippen molar-refractivity contribution in [1.29, 1.82) is 0 Å². The Labute approximate surface area is 132 Å². The van der Waals surface area contributed by atoms with Crippen LogP contribution in [0, 0.1) is 12.8 Å². The van der Waals surface area contributed by atoms with E-state index in [1.54, 1.807) is 19.9 Å². The summed E-state index contributed by atoms with van der Waals surface area (Å²) >= 11 is 0. The third kappa shape index (κ3) is 4.34. The van der Waals surface area contributed by atoms with Gasteiger partial charge in [0.05, 0.1) is 6.54 Å². The fraction of sp³-hybridized carbons (Fsp3) is 0.375. The minimum atomic E-state index is -4.47. The van der Waals surface area contributed by atoms with E-state index in [0.717, 1.165) is 11.6 Å². The van der Waals surface area contributed by atoms with Crippen LogP contribution in [0.4, 0.5) is 18.9 Å². The number of hydrogen-bond acceptors (Lipinski definition) is 2. The van der Waals surface area contributed by atoms with Gasteiger partial charge in [-0.15, -0.1) is 0 Å². The van der Waals surface area contributed by atoms with Crippen LogP contribution in [0.2, 0.25) is 0 Å². The lowest BCUT2D eigenvalue weighted by molar-refractivity contribution is -0.141. The number of amides is 1. The molecule has 0 radical (unpaired) electrons. The van der Waals surface area contributed by atoms with Gasteiger partial charge in [0.1, 0.15) is 0 Å². The van der Waals surface area contributed by atoms with Crippen LogP contribution in [0.15, 0.2) is 30.5 Å². The van der Waals surface area contributed by atoms with E-state index in [0.29, 0.717) is 11.3 Å². The summed E-state index contributed by atoms with van der Waals surface area (Å²) in [5, 5.41) is 6.33. The van der Waals surface area contributed by atoms with E-state index in [2.05, 4.69) is 10.4 Å². The number of anilines is 1. The van der Waals surface area contributed by atoms with Gasteiger partial charge in [0, 0.05) is 17.8 Å². The third-order valence-electron chi connectivity index (χ3n) is 3.31. The topological polar surface area (TPSA) is 46.9 Å². The first-order valence-corrected chi connectivity index (χ1v) is 7.18. The predicted octanol–water partition coefficient (Wildman–Crippen LogP) is 3.85. The van der Waals surface area contributed by atoms with Gasteiger partial charge in [-0.2, -0.15) is 18.3 Å². The molecule has 0 aliphatic rings. The number of benzene rings is 1. The molecule has 1 heterocycles. The molecule has 0 aliphatic carbocycles. The van der Waals surface area contributed by atoms with Crippen molar-refractivity contribution in [3.63, 3.8) is 0 Å². The Balaban J connectivity index is 2.26. The highest BCUT2D eigenvalue weighted by Crippen LogP contribution is 2.27. The van der Waals surface area contributed by atoms with Gasteiger partial charge in [-0.3, -0.25) is 9.48 Å². The Hall–Kier alpha value is -2.31. The minimum Gasteiger partial charge on any atom is -0.326 e. The molecule has 0 spiro atoms. The number of alkyl halides is 3. The summed E-state index contributed by atoms with van der Waals surface area (Å²) in [6, 6.07) is 6.34. The molecule has 4 nitrogen and oxygen atoms in total. The van der Waals surface area contributed by atoms with Crippen molar-refractivity contribution in [1.82, 2.24) is 9.78 Å². The molecular weight excluding hydrogens is 307 g/mol. The van der Waals surface area contributed by atoms with Crippen LogP contribution in [-0.2, 0) is 17.5 Å². The Morgan fingerprint density at radius 3 is 2.57 bits per heavy atom. The van der Waals surface area contributed by atoms with Gasteiger partial charge < -0.3 is 5.32 Å². The van der Waals surface area contributed by atoms with E-state index in [1.807, 2.05) is 19.1 Å². The zero-order valence-corrected chi connectivity index (χ0v) is 13.1. The summed E-state index contributed by atoms with van der Waals surface area (Å²) in [4.78, 5) is 11.9. The fourth-order valence-electron chi connectivity index (χ4n) is 2.03. The van der Waals surface area contributed by atoms with Gasteiger partial charge >= 0.3 is 6.18 Å². The van der Waals surface area contributed by atoms with Crippen molar-refractivity contribution >= 4 is 11.6 Å². The summed E-state index contributed by atoms with van der Waals surface area (Å²) in [6.07, 6.45) is -3.19. The number of nitrogens with zero attached hydrogens (tertiary/aromatic N) is 2. The molecule has 2 aromatic rings. The molecule has 0 aliphatic heterocycles. The molecule has 0 atom stereocenters. The number of rotatable bonds is 4. The number of carbonyl (C=O) groups is 1. The zero-order chi connectivity index (χ0) is 17.2. The van der Waals surface area contributed by atoms with E-state index < -0.39 is 11.9 Å². The summed E-state index contributed by atoms with van der Waals surface area (Å²) in [6.45, 7) is 5.56. The first kappa shape index (κ1) is 17.1. The smallest absolute Gasteiger partial charge is 0.326 e. The van der Waals surface area contributed by atoms with Gasteiger partial charge in [-0.25, -0.2) is 0 Å². The number of hydrogen-bond donors (Lipinski definition) is 1. The SMILES string of the molecule is Cc1ccc(NC(=O)C(C)C)c(Cn2ccc(C(F)(F)F)n2)c1. The van der Waals surface area contributed by atoms with Gasteiger partial charge in [-0.05, 0) is 24.6 Å². The van der Waals surface area contributed by atoms with Crippen LogP contribution in [-0.4, -0.2) is 15.7 Å². The number of aromatic nitrogens is 2. The first-order chi connectivity index (χ1) is 10.7. The highest BCUT2D eigenvalue weighted by molar-refractivity contribution is 5.92. The molecular formula is C16H18F3N3O. The van der Waals surface area contributed by atoms with E-state index in [9.17, 15) is 18.0 Å². The van der Waals surface area contributed by atoms with Crippen molar-refractivity contribution in [3.8, 4) is 0 Å². The van der Waals surface area contributed by atoms with Crippen LogP contribution < -0.4 is 5.32 Å². The average Bonchev–Trinajstić information content (AvgIpc) is 2.90. The van der Waals surface area contributed by atoms with E-state index in [-0.39, 0.29) is 18.4 Å². The van der Waals surface area contributed by atoms with Crippen molar-refractivity contribution < 1.29 is 18.0 Å². The lowest BCUT2D eigenvalue weighted by Crippen LogP contribution is -2.19. The average molecular weight is 325 g/mol. The molecule has 2 rings (SSSR count). The van der Waals surface area contributed by atoms with Crippen LogP contribution >= 0.6 is 0 Å². The summed E-state index contributed by atoms with van der Waals surface area (Å²) < 4.78 is 39.0. The van der Waals surface area contributed by atoms with Crippen molar-refractivity contribution in [2.45, 2.75) is 33.5 Å². The van der Waals surface area contributed by atoms with E-state index in [4.69, 9.17) is 0 Å². The molecule has 1 aromatic carbocycles. The molecule has 0 fully saturated rings. The van der Waals surface area contributed by atoms with Crippen molar-refractivity contribution in [3.05, 3.63) is 47.3 Å².